The molecule has 0 aliphatic heterocycles. The molecule has 0 radical (unpaired) electrons. The number of amides is 1. The summed E-state index contributed by atoms with van der Waals surface area (Å²) in [6, 6.07) is 5.52. The van der Waals surface area contributed by atoms with Gasteiger partial charge >= 0.3 is 0 Å². The van der Waals surface area contributed by atoms with E-state index in [9.17, 15) is 4.79 Å². The van der Waals surface area contributed by atoms with Crippen LogP contribution in [0.5, 0.6) is 0 Å². The van der Waals surface area contributed by atoms with E-state index in [0.29, 0.717) is 17.2 Å². The predicted molar refractivity (Wildman–Crippen MR) is 62.0 cm³/mol. The second-order valence-corrected chi connectivity index (χ2v) is 4.40. The highest BCUT2D eigenvalue weighted by Crippen LogP contribution is 2.17. The van der Waals surface area contributed by atoms with Gasteiger partial charge in [-0.05, 0) is 12.1 Å². The maximum Gasteiger partial charge on any atom is 0.275 e. The summed E-state index contributed by atoms with van der Waals surface area (Å²) < 4.78 is 1.72. The number of carbonyl (C=O) groups is 1. The Morgan fingerprint density at radius 1 is 1.65 bits per heavy atom. The van der Waals surface area contributed by atoms with Crippen LogP contribution in [-0.4, -0.2) is 15.5 Å². The molecule has 6 nitrogen and oxygen atoms in total. The minimum atomic E-state index is -0.313. The summed E-state index contributed by atoms with van der Waals surface area (Å²) in [6.07, 6.45) is 3.29. The number of carbonyl (C=O) groups excluding carboxylic acids is 1. The first-order chi connectivity index (χ1) is 8.24. The van der Waals surface area contributed by atoms with Crippen LogP contribution in [0.2, 0.25) is 0 Å². The van der Waals surface area contributed by atoms with Crippen molar-refractivity contribution in [2.24, 2.45) is 5.84 Å². The topological polar surface area (TPSA) is 96.7 Å². The Balaban J connectivity index is 2.18. The van der Waals surface area contributed by atoms with Crippen LogP contribution in [0.3, 0.4) is 0 Å². The zero-order chi connectivity index (χ0) is 12.3. The van der Waals surface area contributed by atoms with Crippen molar-refractivity contribution in [3.05, 3.63) is 40.1 Å². The molecule has 2 heterocycles. The Morgan fingerprint density at radius 2 is 2.47 bits per heavy atom. The number of rotatable bonds is 3. The van der Waals surface area contributed by atoms with Crippen LogP contribution in [0.4, 0.5) is 0 Å². The lowest BCUT2D eigenvalue weighted by Crippen LogP contribution is -2.29. The van der Waals surface area contributed by atoms with E-state index >= 15 is 0 Å². The van der Waals surface area contributed by atoms with Crippen molar-refractivity contribution in [3.63, 3.8) is 0 Å². The summed E-state index contributed by atoms with van der Waals surface area (Å²) in [7, 11) is 0. The second kappa shape index (κ2) is 4.78. The first-order valence-electron chi connectivity index (χ1n) is 4.75. The van der Waals surface area contributed by atoms with E-state index < -0.39 is 0 Å². The molecule has 86 valence electrons. The molecule has 1 amide bonds. The van der Waals surface area contributed by atoms with Crippen LogP contribution in [-0.2, 0) is 6.54 Å². The zero-order valence-electron chi connectivity index (χ0n) is 8.75. The highest BCUT2D eigenvalue weighted by Gasteiger charge is 2.09. The first kappa shape index (κ1) is 11.3. The predicted octanol–water partition coefficient (Wildman–Crippen LogP) is 0.468. The van der Waals surface area contributed by atoms with Crippen molar-refractivity contribution in [1.29, 1.82) is 5.26 Å². The zero-order valence-corrected chi connectivity index (χ0v) is 9.57. The van der Waals surface area contributed by atoms with Gasteiger partial charge in [0.05, 0.1) is 11.4 Å². The van der Waals surface area contributed by atoms with Gasteiger partial charge in [0.1, 0.15) is 6.07 Å². The van der Waals surface area contributed by atoms with Crippen LogP contribution >= 0.6 is 11.3 Å². The van der Waals surface area contributed by atoms with Crippen molar-refractivity contribution in [3.8, 4) is 6.07 Å². The fourth-order valence-electron chi connectivity index (χ4n) is 1.37. The Bertz CT molecular complexity index is 580. The molecule has 0 aromatic carbocycles. The van der Waals surface area contributed by atoms with E-state index in [2.05, 4.69) is 10.4 Å². The lowest BCUT2D eigenvalue weighted by Gasteiger charge is -1.99. The molecular formula is C10H9N5OS. The Labute approximate surface area is 101 Å². The lowest BCUT2D eigenvalue weighted by molar-refractivity contribution is 0.0957. The summed E-state index contributed by atoms with van der Waals surface area (Å²) in [6.45, 7) is 0.519. The van der Waals surface area contributed by atoms with Crippen molar-refractivity contribution < 1.29 is 4.79 Å². The summed E-state index contributed by atoms with van der Waals surface area (Å²) in [5.41, 5.74) is 2.08. The van der Waals surface area contributed by atoms with Gasteiger partial charge in [-0.2, -0.15) is 5.26 Å². The van der Waals surface area contributed by atoms with Gasteiger partial charge in [-0.15, -0.1) is 11.3 Å². The molecule has 7 heteroatoms. The van der Waals surface area contributed by atoms with Gasteiger partial charge in [0.25, 0.3) is 5.91 Å². The van der Waals surface area contributed by atoms with E-state index in [1.807, 2.05) is 12.1 Å². The van der Waals surface area contributed by atoms with Crippen LogP contribution in [0.15, 0.2) is 24.5 Å². The standard InChI is InChI=1S/C10H9N5OS/c11-5-9-13-3-4-15(9)6-7-1-2-8(17-7)10(16)14-12/h1-4H,6,12H2,(H,14,16). The largest absolute Gasteiger partial charge is 0.317 e. The molecule has 0 unspecified atom stereocenters. The monoisotopic (exact) mass is 247 g/mol. The molecule has 0 atom stereocenters. The number of nitrogens with two attached hydrogens (primary N) is 1. The summed E-state index contributed by atoms with van der Waals surface area (Å²) in [4.78, 5) is 16.7. The van der Waals surface area contributed by atoms with Gasteiger partial charge in [0.2, 0.25) is 5.82 Å². The molecule has 0 aliphatic carbocycles. The third kappa shape index (κ3) is 2.33. The Morgan fingerprint density at radius 3 is 3.18 bits per heavy atom. The molecule has 2 rings (SSSR count). The van der Waals surface area contributed by atoms with Crippen LogP contribution in [0.1, 0.15) is 20.4 Å². The Hall–Kier alpha value is -2.17. The maximum absolute atomic E-state index is 11.3. The number of hydrogen-bond donors (Lipinski definition) is 2. The lowest BCUT2D eigenvalue weighted by atomic mass is 10.4. The number of hydrogen-bond acceptors (Lipinski definition) is 5. The highest BCUT2D eigenvalue weighted by atomic mass is 32.1. The number of nitriles is 1. The van der Waals surface area contributed by atoms with Crippen molar-refractivity contribution in [2.45, 2.75) is 6.54 Å². The Kier molecular flexibility index (Phi) is 3.18. The smallest absolute Gasteiger partial charge is 0.275 e. The molecule has 17 heavy (non-hydrogen) atoms. The van der Waals surface area contributed by atoms with Gasteiger partial charge in [-0.25, -0.2) is 10.8 Å². The number of nitrogens with one attached hydrogen (secondary N) is 1. The minimum absolute atomic E-state index is 0.313. The molecule has 3 N–H and O–H groups in total. The van der Waals surface area contributed by atoms with Gasteiger partial charge in [-0.3, -0.25) is 10.2 Å². The molecular weight excluding hydrogens is 238 g/mol. The maximum atomic E-state index is 11.3. The van der Waals surface area contributed by atoms with Crippen molar-refractivity contribution in [2.75, 3.05) is 0 Å². The molecule has 0 aliphatic rings. The van der Waals surface area contributed by atoms with Crippen LogP contribution in [0.25, 0.3) is 0 Å². The normalized spacial score (nSPS) is 9.88. The molecule has 0 fully saturated rings. The summed E-state index contributed by atoms with van der Waals surface area (Å²) in [5.74, 6) is 5.08. The van der Waals surface area contributed by atoms with Gasteiger partial charge in [0, 0.05) is 17.3 Å². The quantitative estimate of drug-likeness (QED) is 0.468. The fraction of sp³-hybridized carbons (Fsp3) is 0.100. The summed E-state index contributed by atoms with van der Waals surface area (Å²) >= 11 is 1.33. The number of imidazole rings is 1. The van der Waals surface area contributed by atoms with E-state index in [4.69, 9.17) is 11.1 Å². The van der Waals surface area contributed by atoms with Gasteiger partial charge in [-0.1, -0.05) is 0 Å². The van der Waals surface area contributed by atoms with Gasteiger partial charge < -0.3 is 4.57 Å². The average Bonchev–Trinajstić information content (AvgIpc) is 2.97. The molecule has 2 aromatic heterocycles. The molecule has 0 saturated heterocycles. The molecule has 0 saturated carbocycles. The first-order valence-corrected chi connectivity index (χ1v) is 5.57. The highest BCUT2D eigenvalue weighted by molar-refractivity contribution is 7.14. The van der Waals surface area contributed by atoms with Gasteiger partial charge in [0.15, 0.2) is 0 Å². The minimum Gasteiger partial charge on any atom is -0.317 e. The number of hydrazine groups is 1. The number of aromatic nitrogens is 2. The summed E-state index contributed by atoms with van der Waals surface area (Å²) in [5, 5.41) is 8.81. The van der Waals surface area contributed by atoms with E-state index in [1.165, 1.54) is 11.3 Å². The van der Waals surface area contributed by atoms with Crippen LogP contribution < -0.4 is 11.3 Å². The number of thiophene rings is 1. The molecule has 2 aromatic rings. The third-order valence-corrected chi connectivity index (χ3v) is 3.23. The molecule has 0 spiro atoms. The average molecular weight is 247 g/mol. The van der Waals surface area contributed by atoms with Crippen molar-refractivity contribution in [1.82, 2.24) is 15.0 Å². The fourth-order valence-corrected chi connectivity index (χ4v) is 2.28. The molecule has 0 bridgehead atoms. The second-order valence-electron chi connectivity index (χ2n) is 3.23. The van der Waals surface area contributed by atoms with Crippen LogP contribution in [0, 0.1) is 11.3 Å². The van der Waals surface area contributed by atoms with E-state index in [1.54, 1.807) is 23.0 Å². The SMILES string of the molecule is N#Cc1nccn1Cc1ccc(C(=O)NN)s1. The number of nitrogens with zero attached hydrogens (tertiary/aromatic N) is 3. The van der Waals surface area contributed by atoms with E-state index in [-0.39, 0.29) is 5.91 Å². The van der Waals surface area contributed by atoms with Crippen molar-refractivity contribution >= 4 is 17.2 Å². The third-order valence-electron chi connectivity index (χ3n) is 2.16. The number of nitrogen functional groups attached to an aromatic ring is 1. The van der Waals surface area contributed by atoms with E-state index in [0.717, 1.165) is 4.88 Å².